The molecule has 2 rings (SSSR count). The van der Waals surface area contributed by atoms with Gasteiger partial charge in [-0.15, -0.1) is 0 Å². The van der Waals surface area contributed by atoms with Crippen molar-refractivity contribution in [1.82, 2.24) is 9.55 Å². The fourth-order valence-electron chi connectivity index (χ4n) is 1.78. The summed E-state index contributed by atoms with van der Waals surface area (Å²) < 4.78 is 12.4. The number of rotatable bonds is 6. The summed E-state index contributed by atoms with van der Waals surface area (Å²) >= 11 is 0. The SMILES string of the molecule is CCOC(=O)[C@H](C)Oc1ccc(Cn2ccnc2)cc1. The normalized spacial score (nSPS) is 11.9. The molecule has 0 aliphatic heterocycles. The van der Waals surface area contributed by atoms with Gasteiger partial charge in [0.1, 0.15) is 5.75 Å². The van der Waals surface area contributed by atoms with E-state index >= 15 is 0 Å². The second-order valence-corrected chi connectivity index (χ2v) is 4.39. The molecule has 0 N–H and O–H groups in total. The lowest BCUT2D eigenvalue weighted by Crippen LogP contribution is -2.26. The number of carbonyl (C=O) groups excluding carboxylic acids is 1. The second kappa shape index (κ2) is 6.75. The average molecular weight is 274 g/mol. The van der Waals surface area contributed by atoms with E-state index in [1.54, 1.807) is 26.4 Å². The number of carbonyl (C=O) groups is 1. The molecule has 2 aromatic rings. The van der Waals surface area contributed by atoms with Crippen molar-refractivity contribution < 1.29 is 14.3 Å². The van der Waals surface area contributed by atoms with Gasteiger partial charge in [0.2, 0.25) is 0 Å². The molecule has 1 aromatic heterocycles. The molecule has 0 saturated carbocycles. The highest BCUT2D eigenvalue weighted by Gasteiger charge is 2.15. The molecule has 1 atom stereocenters. The Bertz CT molecular complexity index is 535. The van der Waals surface area contributed by atoms with Crippen molar-refractivity contribution in [1.29, 1.82) is 0 Å². The van der Waals surface area contributed by atoms with Gasteiger partial charge in [-0.2, -0.15) is 0 Å². The first-order valence-corrected chi connectivity index (χ1v) is 6.57. The molecule has 1 aromatic carbocycles. The molecule has 0 aliphatic rings. The summed E-state index contributed by atoms with van der Waals surface area (Å²) in [6.07, 6.45) is 4.83. The lowest BCUT2D eigenvalue weighted by molar-refractivity contribution is -0.150. The average Bonchev–Trinajstić information content (AvgIpc) is 2.94. The van der Waals surface area contributed by atoms with Gasteiger partial charge < -0.3 is 14.0 Å². The first-order chi connectivity index (χ1) is 9.69. The maximum atomic E-state index is 11.5. The van der Waals surface area contributed by atoms with Crippen LogP contribution in [0.2, 0.25) is 0 Å². The van der Waals surface area contributed by atoms with E-state index in [4.69, 9.17) is 9.47 Å². The number of aromatic nitrogens is 2. The molecular weight excluding hydrogens is 256 g/mol. The first kappa shape index (κ1) is 14.1. The van der Waals surface area contributed by atoms with Crippen molar-refractivity contribution in [3.63, 3.8) is 0 Å². The molecule has 5 nitrogen and oxygen atoms in total. The van der Waals surface area contributed by atoms with E-state index in [1.165, 1.54) is 0 Å². The zero-order valence-electron chi connectivity index (χ0n) is 11.7. The van der Waals surface area contributed by atoms with Gasteiger partial charge in [0, 0.05) is 18.9 Å². The summed E-state index contributed by atoms with van der Waals surface area (Å²) in [6.45, 7) is 4.57. The van der Waals surface area contributed by atoms with Crippen LogP contribution in [0, 0.1) is 0 Å². The summed E-state index contributed by atoms with van der Waals surface area (Å²) in [7, 11) is 0. The van der Waals surface area contributed by atoms with Gasteiger partial charge >= 0.3 is 5.97 Å². The minimum absolute atomic E-state index is 0.352. The molecule has 0 unspecified atom stereocenters. The van der Waals surface area contributed by atoms with Crippen molar-refractivity contribution in [2.24, 2.45) is 0 Å². The fourth-order valence-corrected chi connectivity index (χ4v) is 1.78. The van der Waals surface area contributed by atoms with Gasteiger partial charge in [0.05, 0.1) is 12.9 Å². The van der Waals surface area contributed by atoms with Crippen molar-refractivity contribution >= 4 is 5.97 Å². The Balaban J connectivity index is 1.92. The maximum Gasteiger partial charge on any atom is 0.347 e. The van der Waals surface area contributed by atoms with Gasteiger partial charge in [-0.05, 0) is 31.5 Å². The molecule has 0 saturated heterocycles. The summed E-state index contributed by atoms with van der Waals surface area (Å²) in [4.78, 5) is 15.5. The number of hydrogen-bond donors (Lipinski definition) is 0. The number of imidazole rings is 1. The lowest BCUT2D eigenvalue weighted by Gasteiger charge is -2.13. The molecule has 1 heterocycles. The van der Waals surface area contributed by atoms with E-state index < -0.39 is 6.10 Å². The molecule has 0 spiro atoms. The predicted molar refractivity (Wildman–Crippen MR) is 74.5 cm³/mol. The minimum atomic E-state index is -0.602. The third kappa shape index (κ3) is 3.85. The standard InChI is InChI=1S/C15H18N2O3/c1-3-19-15(18)12(2)20-14-6-4-13(5-7-14)10-17-9-8-16-11-17/h4-9,11-12H,3,10H2,1-2H3/t12-/m0/s1. The van der Waals surface area contributed by atoms with Gasteiger partial charge in [-0.3, -0.25) is 0 Å². The van der Waals surface area contributed by atoms with Crippen molar-refractivity contribution in [2.45, 2.75) is 26.5 Å². The Hall–Kier alpha value is -2.30. The lowest BCUT2D eigenvalue weighted by atomic mass is 10.2. The predicted octanol–water partition coefficient (Wildman–Crippen LogP) is 2.26. The Morgan fingerprint density at radius 3 is 2.70 bits per heavy atom. The van der Waals surface area contributed by atoms with E-state index in [0.29, 0.717) is 12.4 Å². The van der Waals surface area contributed by atoms with Crippen LogP contribution in [0.4, 0.5) is 0 Å². The number of ether oxygens (including phenoxy) is 2. The summed E-state index contributed by atoms with van der Waals surface area (Å²) in [5.41, 5.74) is 1.14. The van der Waals surface area contributed by atoms with Crippen LogP contribution in [0.15, 0.2) is 43.0 Å². The molecule has 0 aliphatic carbocycles. The monoisotopic (exact) mass is 274 g/mol. The van der Waals surface area contributed by atoms with E-state index in [2.05, 4.69) is 4.98 Å². The Morgan fingerprint density at radius 2 is 2.10 bits per heavy atom. The summed E-state index contributed by atoms with van der Waals surface area (Å²) in [5.74, 6) is 0.301. The van der Waals surface area contributed by atoms with Crippen LogP contribution in [0.1, 0.15) is 19.4 Å². The highest BCUT2D eigenvalue weighted by atomic mass is 16.6. The number of nitrogens with zero attached hydrogens (tertiary/aromatic N) is 2. The van der Waals surface area contributed by atoms with Crippen molar-refractivity contribution in [3.05, 3.63) is 48.5 Å². The molecule has 106 valence electrons. The molecule has 0 bridgehead atoms. The van der Waals surface area contributed by atoms with Crippen LogP contribution in [0.5, 0.6) is 5.75 Å². The van der Waals surface area contributed by atoms with Gasteiger partial charge in [0.25, 0.3) is 0 Å². The number of benzene rings is 1. The van der Waals surface area contributed by atoms with E-state index in [9.17, 15) is 4.79 Å². The molecule has 0 amide bonds. The van der Waals surface area contributed by atoms with E-state index in [-0.39, 0.29) is 5.97 Å². The maximum absolute atomic E-state index is 11.5. The Morgan fingerprint density at radius 1 is 1.35 bits per heavy atom. The number of esters is 1. The fraction of sp³-hybridized carbons (Fsp3) is 0.333. The smallest absolute Gasteiger partial charge is 0.347 e. The minimum Gasteiger partial charge on any atom is -0.479 e. The van der Waals surface area contributed by atoms with Crippen LogP contribution >= 0.6 is 0 Å². The van der Waals surface area contributed by atoms with Crippen molar-refractivity contribution in [2.75, 3.05) is 6.61 Å². The van der Waals surface area contributed by atoms with Crippen LogP contribution in [-0.2, 0) is 16.1 Å². The summed E-state index contributed by atoms with van der Waals surface area (Å²) in [6, 6.07) is 7.63. The third-order valence-electron chi connectivity index (χ3n) is 2.78. The van der Waals surface area contributed by atoms with Gasteiger partial charge in [-0.1, -0.05) is 12.1 Å². The number of hydrogen-bond acceptors (Lipinski definition) is 4. The molecule has 20 heavy (non-hydrogen) atoms. The highest BCUT2D eigenvalue weighted by molar-refractivity contribution is 5.74. The van der Waals surface area contributed by atoms with Gasteiger partial charge in [-0.25, -0.2) is 9.78 Å². The molecule has 0 fully saturated rings. The first-order valence-electron chi connectivity index (χ1n) is 6.57. The molecule has 5 heteroatoms. The summed E-state index contributed by atoms with van der Waals surface area (Å²) in [5, 5.41) is 0. The second-order valence-electron chi connectivity index (χ2n) is 4.39. The third-order valence-corrected chi connectivity index (χ3v) is 2.78. The molecular formula is C15H18N2O3. The Labute approximate surface area is 118 Å². The van der Waals surface area contributed by atoms with Gasteiger partial charge in [0.15, 0.2) is 6.10 Å². The topological polar surface area (TPSA) is 53.4 Å². The highest BCUT2D eigenvalue weighted by Crippen LogP contribution is 2.15. The van der Waals surface area contributed by atoms with Crippen LogP contribution in [0.3, 0.4) is 0 Å². The van der Waals surface area contributed by atoms with Crippen LogP contribution in [-0.4, -0.2) is 28.2 Å². The largest absolute Gasteiger partial charge is 0.479 e. The van der Waals surface area contributed by atoms with Crippen molar-refractivity contribution in [3.8, 4) is 5.75 Å². The van der Waals surface area contributed by atoms with E-state index in [1.807, 2.05) is 35.0 Å². The zero-order chi connectivity index (χ0) is 14.4. The van der Waals surface area contributed by atoms with Crippen LogP contribution in [0.25, 0.3) is 0 Å². The molecule has 0 radical (unpaired) electrons. The van der Waals surface area contributed by atoms with E-state index in [0.717, 1.165) is 12.1 Å². The quantitative estimate of drug-likeness (QED) is 0.758. The van der Waals surface area contributed by atoms with Crippen LogP contribution < -0.4 is 4.74 Å². The zero-order valence-corrected chi connectivity index (χ0v) is 11.7. The Kier molecular flexibility index (Phi) is 4.76.